The quantitative estimate of drug-likeness (QED) is 0.416. The normalized spacial score (nSPS) is 22.3. The molecular weight excluding hydrogens is 484 g/mol. The number of hydrogen-bond acceptors (Lipinski definition) is 3. The number of carbonyl (C=O) groups excluding carboxylic acids is 2. The number of fused-ring (bicyclic) bond motifs is 4. The van der Waals surface area contributed by atoms with Gasteiger partial charge in [-0.1, -0.05) is 78.9 Å². The molecule has 4 aromatic rings. The standard InChI is InChI=1S/C33H34N4O2/c38-31-22-36(25-15-17-35(18-16-25)21-24-11-5-2-6-12-24)33(39)30-20-27-26-13-7-8-14-28(26)34-32(27)29(37(30)31)19-23-9-3-1-4-10-23/h1-14,25,29-30,34H,15-22H2/t29-,30+/m0/s1. The van der Waals surface area contributed by atoms with E-state index in [2.05, 4.69) is 64.5 Å². The maximum absolute atomic E-state index is 14.2. The third-order valence-electron chi connectivity index (χ3n) is 8.93. The lowest BCUT2D eigenvalue weighted by Gasteiger charge is -2.49. The SMILES string of the molecule is O=C1[C@H]2Cc3c([nH]c4ccccc34)[C@H](Cc3ccccc3)N2C(=O)CN1C1CCN(Cc2ccccc2)CC1. The number of piperazine rings is 1. The van der Waals surface area contributed by atoms with Crippen molar-refractivity contribution in [3.63, 3.8) is 0 Å². The highest BCUT2D eigenvalue weighted by Gasteiger charge is 2.49. The van der Waals surface area contributed by atoms with Crippen LogP contribution in [-0.2, 0) is 29.0 Å². The van der Waals surface area contributed by atoms with E-state index < -0.39 is 6.04 Å². The van der Waals surface area contributed by atoms with Crippen LogP contribution >= 0.6 is 0 Å². The van der Waals surface area contributed by atoms with E-state index in [1.807, 2.05) is 40.1 Å². The largest absolute Gasteiger partial charge is 0.356 e. The highest BCUT2D eigenvalue weighted by atomic mass is 16.2. The second-order valence-corrected chi connectivity index (χ2v) is 11.2. The van der Waals surface area contributed by atoms with Crippen LogP contribution in [0.4, 0.5) is 0 Å². The molecule has 6 heteroatoms. The Bertz CT molecular complexity index is 1490. The van der Waals surface area contributed by atoms with Crippen molar-refractivity contribution < 1.29 is 9.59 Å². The number of aromatic amines is 1. The maximum Gasteiger partial charge on any atom is 0.246 e. The fourth-order valence-electron chi connectivity index (χ4n) is 7.00. The average molecular weight is 519 g/mol. The molecule has 3 aromatic carbocycles. The molecule has 2 fully saturated rings. The molecule has 3 aliphatic rings. The van der Waals surface area contributed by atoms with Crippen molar-refractivity contribution in [1.82, 2.24) is 19.7 Å². The Kier molecular flexibility index (Phi) is 6.20. The Balaban J connectivity index is 1.15. The monoisotopic (exact) mass is 518 g/mol. The van der Waals surface area contributed by atoms with Crippen LogP contribution in [0.15, 0.2) is 84.9 Å². The Labute approximate surface area is 229 Å². The highest BCUT2D eigenvalue weighted by molar-refractivity contribution is 5.97. The summed E-state index contributed by atoms with van der Waals surface area (Å²) in [5, 5.41) is 1.16. The molecule has 3 aliphatic heterocycles. The number of nitrogens with one attached hydrogen (secondary N) is 1. The van der Waals surface area contributed by atoms with Gasteiger partial charge in [-0.05, 0) is 42.0 Å². The van der Waals surface area contributed by atoms with Crippen molar-refractivity contribution in [3.8, 4) is 0 Å². The summed E-state index contributed by atoms with van der Waals surface area (Å²) in [6, 6.07) is 28.7. The van der Waals surface area contributed by atoms with Gasteiger partial charge in [-0.25, -0.2) is 0 Å². The number of para-hydroxylation sites is 1. The summed E-state index contributed by atoms with van der Waals surface area (Å²) in [5.41, 5.74) is 5.83. The van der Waals surface area contributed by atoms with Crippen LogP contribution in [0.25, 0.3) is 10.9 Å². The minimum atomic E-state index is -0.450. The smallest absolute Gasteiger partial charge is 0.246 e. The Hall–Kier alpha value is -3.90. The van der Waals surface area contributed by atoms with Gasteiger partial charge in [-0.3, -0.25) is 14.5 Å². The first-order valence-electron chi connectivity index (χ1n) is 14.2. The topological polar surface area (TPSA) is 59.7 Å². The number of nitrogens with zero attached hydrogens (tertiary/aromatic N) is 3. The summed E-state index contributed by atoms with van der Waals surface area (Å²) in [6.07, 6.45) is 3.07. The van der Waals surface area contributed by atoms with Crippen molar-refractivity contribution in [3.05, 3.63) is 107 Å². The molecule has 0 unspecified atom stereocenters. The van der Waals surface area contributed by atoms with Crippen molar-refractivity contribution in [1.29, 1.82) is 0 Å². The van der Waals surface area contributed by atoms with Gasteiger partial charge < -0.3 is 14.8 Å². The predicted molar refractivity (Wildman–Crippen MR) is 152 cm³/mol. The minimum Gasteiger partial charge on any atom is -0.356 e. The van der Waals surface area contributed by atoms with Crippen LogP contribution in [0, 0.1) is 0 Å². The van der Waals surface area contributed by atoms with Gasteiger partial charge in [0.2, 0.25) is 11.8 Å². The number of aromatic nitrogens is 1. The molecule has 0 bridgehead atoms. The molecule has 0 spiro atoms. The molecule has 198 valence electrons. The lowest BCUT2D eigenvalue weighted by Crippen LogP contribution is -2.65. The molecule has 0 saturated carbocycles. The Morgan fingerprint density at radius 1 is 0.795 bits per heavy atom. The lowest BCUT2D eigenvalue weighted by atomic mass is 9.86. The van der Waals surface area contributed by atoms with Crippen LogP contribution < -0.4 is 0 Å². The van der Waals surface area contributed by atoms with E-state index in [0.717, 1.165) is 49.1 Å². The zero-order valence-corrected chi connectivity index (χ0v) is 22.1. The first kappa shape index (κ1) is 24.2. The van der Waals surface area contributed by atoms with Gasteiger partial charge in [0.15, 0.2) is 0 Å². The number of rotatable bonds is 5. The number of amides is 2. The first-order valence-corrected chi connectivity index (χ1v) is 14.2. The summed E-state index contributed by atoms with van der Waals surface area (Å²) in [7, 11) is 0. The number of piperidine rings is 1. The van der Waals surface area contributed by atoms with E-state index in [9.17, 15) is 9.59 Å². The lowest BCUT2D eigenvalue weighted by molar-refractivity contribution is -0.162. The molecule has 6 nitrogen and oxygen atoms in total. The third kappa shape index (κ3) is 4.43. The second-order valence-electron chi connectivity index (χ2n) is 11.2. The van der Waals surface area contributed by atoms with Crippen molar-refractivity contribution >= 4 is 22.7 Å². The Morgan fingerprint density at radius 3 is 2.21 bits per heavy atom. The molecule has 0 radical (unpaired) electrons. The number of benzene rings is 3. The summed E-state index contributed by atoms with van der Waals surface area (Å²) in [5.74, 6) is 0.182. The fourth-order valence-corrected chi connectivity index (χ4v) is 7.00. The summed E-state index contributed by atoms with van der Waals surface area (Å²) < 4.78 is 0. The molecule has 1 aromatic heterocycles. The van der Waals surface area contributed by atoms with Gasteiger partial charge in [0, 0.05) is 48.7 Å². The average Bonchev–Trinajstić information content (AvgIpc) is 3.35. The van der Waals surface area contributed by atoms with Gasteiger partial charge in [-0.15, -0.1) is 0 Å². The van der Waals surface area contributed by atoms with E-state index >= 15 is 0 Å². The van der Waals surface area contributed by atoms with Gasteiger partial charge in [0.25, 0.3) is 0 Å². The van der Waals surface area contributed by atoms with Crippen LogP contribution in [0.2, 0.25) is 0 Å². The molecule has 4 heterocycles. The van der Waals surface area contributed by atoms with E-state index in [4.69, 9.17) is 0 Å². The zero-order chi connectivity index (χ0) is 26.3. The van der Waals surface area contributed by atoms with Gasteiger partial charge >= 0.3 is 0 Å². The number of likely N-dealkylation sites (tertiary alicyclic amines) is 1. The van der Waals surface area contributed by atoms with Gasteiger partial charge in [-0.2, -0.15) is 0 Å². The molecule has 39 heavy (non-hydrogen) atoms. The Morgan fingerprint density at radius 2 is 1.46 bits per heavy atom. The van der Waals surface area contributed by atoms with Crippen LogP contribution in [0.3, 0.4) is 0 Å². The molecular formula is C33H34N4O2. The van der Waals surface area contributed by atoms with E-state index in [1.54, 1.807) is 0 Å². The van der Waals surface area contributed by atoms with Crippen molar-refractivity contribution in [2.24, 2.45) is 0 Å². The van der Waals surface area contributed by atoms with Gasteiger partial charge in [0.05, 0.1) is 6.04 Å². The molecule has 2 saturated heterocycles. The van der Waals surface area contributed by atoms with E-state index in [1.165, 1.54) is 16.7 Å². The first-order chi connectivity index (χ1) is 19.2. The van der Waals surface area contributed by atoms with Crippen LogP contribution in [0.5, 0.6) is 0 Å². The van der Waals surface area contributed by atoms with Crippen molar-refractivity contribution in [2.75, 3.05) is 19.6 Å². The van der Waals surface area contributed by atoms with E-state index in [-0.39, 0.29) is 30.4 Å². The van der Waals surface area contributed by atoms with Crippen LogP contribution in [0.1, 0.15) is 41.3 Å². The predicted octanol–water partition coefficient (Wildman–Crippen LogP) is 4.71. The molecule has 7 rings (SSSR count). The van der Waals surface area contributed by atoms with Gasteiger partial charge in [0.1, 0.15) is 12.6 Å². The second kappa shape index (κ2) is 10.0. The summed E-state index contributed by atoms with van der Waals surface area (Å²) >= 11 is 0. The minimum absolute atomic E-state index is 0.0663. The number of H-pyrrole nitrogens is 1. The molecule has 0 aliphatic carbocycles. The molecule has 1 N–H and O–H groups in total. The van der Waals surface area contributed by atoms with Crippen LogP contribution in [-0.4, -0.2) is 63.2 Å². The fraction of sp³-hybridized carbons (Fsp3) is 0.333. The highest BCUT2D eigenvalue weighted by Crippen LogP contribution is 2.41. The maximum atomic E-state index is 14.2. The molecule has 2 atom stereocenters. The number of carbonyl (C=O) groups is 2. The van der Waals surface area contributed by atoms with Crippen molar-refractivity contribution in [2.45, 2.75) is 50.4 Å². The van der Waals surface area contributed by atoms with E-state index in [0.29, 0.717) is 12.8 Å². The number of hydrogen-bond donors (Lipinski definition) is 1. The molecule has 2 amide bonds. The zero-order valence-electron chi connectivity index (χ0n) is 22.1. The summed E-state index contributed by atoms with van der Waals surface area (Å²) in [4.78, 5) is 37.9. The summed E-state index contributed by atoms with van der Waals surface area (Å²) in [6.45, 7) is 2.99. The third-order valence-corrected chi connectivity index (χ3v) is 8.93.